The number of aromatic amines is 2. The number of likely N-dealkylation sites (tertiary alicyclic amines) is 1. The van der Waals surface area contributed by atoms with Gasteiger partial charge in [-0.2, -0.15) is 0 Å². The highest BCUT2D eigenvalue weighted by molar-refractivity contribution is 5.98. The van der Waals surface area contributed by atoms with Gasteiger partial charge in [-0.3, -0.25) is 33.6 Å². The van der Waals surface area contributed by atoms with E-state index in [2.05, 4.69) is 43.5 Å². The molecule has 18 nitrogen and oxygen atoms in total. The lowest BCUT2D eigenvalue weighted by molar-refractivity contribution is -0.142. The molecule has 0 spiro atoms. The van der Waals surface area contributed by atoms with Crippen LogP contribution in [0.3, 0.4) is 0 Å². The van der Waals surface area contributed by atoms with Crippen LogP contribution in [0.1, 0.15) is 114 Å². The maximum absolute atomic E-state index is 15.0. The lowest BCUT2D eigenvalue weighted by Crippen LogP contribution is -2.60. The molecule has 6 rings (SSSR count). The molecule has 6 atom stereocenters. The van der Waals surface area contributed by atoms with E-state index >= 15 is 0 Å². The van der Waals surface area contributed by atoms with Crippen LogP contribution in [0.4, 0.5) is 0 Å². The molecule has 74 heavy (non-hydrogen) atoms. The minimum atomic E-state index is -1.20. The van der Waals surface area contributed by atoms with Gasteiger partial charge in [0.1, 0.15) is 36.3 Å². The van der Waals surface area contributed by atoms with Crippen LogP contribution >= 0.6 is 0 Å². The second kappa shape index (κ2) is 29.0. The molecule has 18 heteroatoms. The van der Waals surface area contributed by atoms with Crippen LogP contribution in [0.15, 0.2) is 91.3 Å². The number of para-hydroxylation sites is 2. The summed E-state index contributed by atoms with van der Waals surface area (Å²) in [6.45, 7) is 3.09. The zero-order valence-corrected chi connectivity index (χ0v) is 42.8. The SMILES string of the molecule is CCCCCCCC(=O)N[C@@H](CCCCN)C(=O)N[C@@H](Cc1ccccc1)C(=O)N[C@@H](CCCCN)C(=O)N[C@@H](Cc1c[nH]c2ccccc12)C(=O)N1CCC[C@H]1C(=O)N[C@@H](Cc1c[nH]c2ccccc12)C(N)=O. The molecule has 0 unspecified atom stereocenters. The Labute approximate surface area is 433 Å². The van der Waals surface area contributed by atoms with Crippen molar-refractivity contribution in [1.29, 1.82) is 0 Å². The molecule has 1 aliphatic heterocycles. The van der Waals surface area contributed by atoms with Crippen molar-refractivity contribution in [3.05, 3.63) is 108 Å². The maximum Gasteiger partial charge on any atom is 0.246 e. The number of carbonyl (C=O) groups is 7. The molecule has 0 saturated carbocycles. The van der Waals surface area contributed by atoms with Crippen LogP contribution in [0, 0.1) is 0 Å². The van der Waals surface area contributed by atoms with E-state index in [1.54, 1.807) is 12.4 Å². The van der Waals surface area contributed by atoms with Gasteiger partial charge in [0.15, 0.2) is 0 Å². The third-order valence-electron chi connectivity index (χ3n) is 13.9. The Balaban J connectivity index is 1.23. The standard InChI is InChI=1S/C56H77N11O7/c1-2-3-4-5-9-28-50(68)62-44(25-14-16-29-57)52(70)65-47(32-37-19-7-6-8-20-37)54(72)63-45(26-15-17-30-58)53(71)66-48(34-39-36-61-43-24-13-11-22-41(39)43)56(74)67-31-18-27-49(67)55(73)64-46(51(59)69)33-38-35-60-42-23-12-10-21-40(38)42/h6-8,10-13,19-24,35-36,44-49,60-61H,2-5,9,14-18,25-34,57-58H2,1H3,(H2,59,69)(H,62,68)(H,63,72)(H,64,73)(H,65,70)(H,66,71)/t44-,45-,46-,47-,48-,49-/m0/s1. The number of nitrogens with zero attached hydrogens (tertiary/aromatic N) is 1. The van der Waals surface area contributed by atoms with Gasteiger partial charge in [-0.1, -0.05) is 99.3 Å². The number of hydrogen-bond acceptors (Lipinski definition) is 9. The van der Waals surface area contributed by atoms with E-state index in [1.807, 2.05) is 78.9 Å². The smallest absolute Gasteiger partial charge is 0.246 e. The van der Waals surface area contributed by atoms with E-state index < -0.39 is 71.7 Å². The number of benzene rings is 3. The van der Waals surface area contributed by atoms with Crippen LogP contribution in [0.2, 0.25) is 0 Å². The molecular formula is C56H77N11O7. The van der Waals surface area contributed by atoms with Gasteiger partial charge in [-0.25, -0.2) is 0 Å². The number of fused-ring (bicyclic) bond motifs is 2. The Kier molecular flexibility index (Phi) is 22.0. The number of nitrogens with one attached hydrogen (secondary N) is 7. The predicted octanol–water partition coefficient (Wildman–Crippen LogP) is 4.20. The first-order chi connectivity index (χ1) is 35.9. The van der Waals surface area contributed by atoms with E-state index in [0.29, 0.717) is 64.5 Å². The number of H-pyrrole nitrogens is 2. The van der Waals surface area contributed by atoms with Gasteiger partial charge < -0.3 is 58.7 Å². The molecular weight excluding hydrogens is 939 g/mol. The van der Waals surface area contributed by atoms with Crippen LogP contribution in [0.25, 0.3) is 21.8 Å². The summed E-state index contributed by atoms with van der Waals surface area (Å²) in [7, 11) is 0. The second-order valence-corrected chi connectivity index (χ2v) is 19.5. The summed E-state index contributed by atoms with van der Waals surface area (Å²) in [6.07, 6.45) is 12.4. The summed E-state index contributed by atoms with van der Waals surface area (Å²) in [5.74, 6) is -3.84. The van der Waals surface area contributed by atoms with E-state index in [-0.39, 0.29) is 44.6 Å². The number of aromatic nitrogens is 2. The molecule has 1 aliphatic rings. The highest BCUT2D eigenvalue weighted by Crippen LogP contribution is 2.25. The highest BCUT2D eigenvalue weighted by atomic mass is 16.2. The van der Waals surface area contributed by atoms with Gasteiger partial charge in [0.05, 0.1) is 0 Å². The van der Waals surface area contributed by atoms with E-state index in [4.69, 9.17) is 17.2 Å². The Bertz CT molecular complexity index is 2630. The van der Waals surface area contributed by atoms with Crippen molar-refractivity contribution in [2.75, 3.05) is 19.6 Å². The third-order valence-corrected chi connectivity index (χ3v) is 13.9. The number of amides is 7. The summed E-state index contributed by atoms with van der Waals surface area (Å²) in [5.41, 5.74) is 21.5. The van der Waals surface area contributed by atoms with Crippen molar-refractivity contribution in [2.24, 2.45) is 17.2 Å². The minimum Gasteiger partial charge on any atom is -0.368 e. The lowest BCUT2D eigenvalue weighted by atomic mass is 10.0. The van der Waals surface area contributed by atoms with Gasteiger partial charge in [0, 0.05) is 66.4 Å². The van der Waals surface area contributed by atoms with Crippen LogP contribution in [0.5, 0.6) is 0 Å². The molecule has 0 bridgehead atoms. The van der Waals surface area contributed by atoms with Crippen molar-refractivity contribution in [2.45, 2.75) is 152 Å². The number of carbonyl (C=O) groups excluding carboxylic acids is 7. The van der Waals surface area contributed by atoms with Crippen LogP contribution < -0.4 is 43.8 Å². The van der Waals surface area contributed by atoms with Gasteiger partial charge in [-0.15, -0.1) is 0 Å². The van der Waals surface area contributed by atoms with Crippen molar-refractivity contribution >= 4 is 63.2 Å². The number of nitrogens with two attached hydrogens (primary N) is 3. The second-order valence-electron chi connectivity index (χ2n) is 19.5. The minimum absolute atomic E-state index is 0.0378. The number of primary amides is 1. The Hall–Kier alpha value is -7.05. The van der Waals surface area contributed by atoms with Gasteiger partial charge >= 0.3 is 0 Å². The van der Waals surface area contributed by atoms with Crippen molar-refractivity contribution in [3.8, 4) is 0 Å². The molecule has 5 aromatic rings. The van der Waals surface area contributed by atoms with Crippen LogP contribution in [-0.2, 0) is 52.8 Å². The summed E-state index contributed by atoms with van der Waals surface area (Å²) < 4.78 is 0. The van der Waals surface area contributed by atoms with Crippen molar-refractivity contribution in [1.82, 2.24) is 41.5 Å². The number of hydrogen-bond donors (Lipinski definition) is 10. The number of rotatable bonds is 31. The molecule has 7 amide bonds. The van der Waals surface area contributed by atoms with E-state index in [0.717, 1.165) is 64.2 Å². The Morgan fingerprint density at radius 1 is 0.581 bits per heavy atom. The fourth-order valence-corrected chi connectivity index (χ4v) is 9.79. The summed E-state index contributed by atoms with van der Waals surface area (Å²) in [4.78, 5) is 107. The van der Waals surface area contributed by atoms with Crippen molar-refractivity contribution in [3.63, 3.8) is 0 Å². The fourth-order valence-electron chi connectivity index (χ4n) is 9.79. The quantitative estimate of drug-likeness (QED) is 0.0285. The fraction of sp³-hybridized carbons (Fsp3) is 0.482. The first kappa shape index (κ1) is 56.2. The molecule has 0 radical (unpaired) electrons. The molecule has 2 aromatic heterocycles. The molecule has 3 heterocycles. The van der Waals surface area contributed by atoms with Crippen LogP contribution in [-0.4, -0.2) is 112 Å². The molecule has 1 saturated heterocycles. The maximum atomic E-state index is 15.0. The summed E-state index contributed by atoms with van der Waals surface area (Å²) in [6, 6.07) is 17.8. The first-order valence-electron chi connectivity index (χ1n) is 26.5. The molecule has 1 fully saturated rings. The Morgan fingerprint density at radius 2 is 1.11 bits per heavy atom. The molecule has 398 valence electrons. The normalized spacial score (nSPS) is 15.4. The summed E-state index contributed by atoms with van der Waals surface area (Å²) >= 11 is 0. The van der Waals surface area contributed by atoms with Gasteiger partial charge in [-0.05, 0) is 99.7 Å². The average molecular weight is 1020 g/mol. The average Bonchev–Trinajstić information content (AvgIpc) is 4.17. The monoisotopic (exact) mass is 1020 g/mol. The van der Waals surface area contributed by atoms with E-state index in [1.165, 1.54) is 4.90 Å². The van der Waals surface area contributed by atoms with Gasteiger partial charge in [0.2, 0.25) is 41.4 Å². The zero-order valence-electron chi connectivity index (χ0n) is 42.8. The molecule has 13 N–H and O–H groups in total. The Morgan fingerprint density at radius 3 is 1.70 bits per heavy atom. The predicted molar refractivity (Wildman–Crippen MR) is 287 cm³/mol. The first-order valence-corrected chi connectivity index (χ1v) is 26.5. The van der Waals surface area contributed by atoms with Crippen molar-refractivity contribution < 1.29 is 33.6 Å². The molecule has 0 aliphatic carbocycles. The topological polar surface area (TPSA) is 293 Å². The van der Waals surface area contributed by atoms with Gasteiger partial charge in [0.25, 0.3) is 0 Å². The third kappa shape index (κ3) is 16.2. The molecule has 3 aromatic carbocycles. The highest BCUT2D eigenvalue weighted by Gasteiger charge is 2.40. The van der Waals surface area contributed by atoms with E-state index in [9.17, 15) is 33.6 Å². The largest absolute Gasteiger partial charge is 0.368 e. The lowest BCUT2D eigenvalue weighted by Gasteiger charge is -2.31. The zero-order chi connectivity index (χ0) is 52.8. The summed E-state index contributed by atoms with van der Waals surface area (Å²) in [5, 5.41) is 16.3. The number of unbranched alkanes of at least 4 members (excludes halogenated alkanes) is 6.